The van der Waals surface area contributed by atoms with E-state index >= 15 is 0 Å². The van der Waals surface area contributed by atoms with Gasteiger partial charge in [0, 0.05) is 32.9 Å². The lowest BCUT2D eigenvalue weighted by Crippen LogP contribution is -1.95. The second-order valence-electron chi connectivity index (χ2n) is 18.1. The van der Waals surface area contributed by atoms with Gasteiger partial charge in [0.15, 0.2) is 0 Å². The number of fused-ring (bicyclic) bond motifs is 11. The molecule has 0 N–H and O–H groups in total. The van der Waals surface area contributed by atoms with E-state index in [0.29, 0.717) is 0 Å². The Hall–Kier alpha value is -8.98. The highest BCUT2D eigenvalue weighted by Crippen LogP contribution is 2.42. The Morgan fingerprint density at radius 3 is 1.29 bits per heavy atom. The molecule has 2 heterocycles. The molecule has 2 aromatic heterocycles. The van der Waals surface area contributed by atoms with Crippen molar-refractivity contribution in [2.75, 3.05) is 0 Å². The summed E-state index contributed by atoms with van der Waals surface area (Å²) in [6, 6.07) is 93.7. The first-order chi connectivity index (χ1) is 33.7. The number of benzene rings is 12. The van der Waals surface area contributed by atoms with Crippen molar-refractivity contribution < 1.29 is 0 Å². The molecule has 0 aliphatic carbocycles. The van der Waals surface area contributed by atoms with E-state index in [4.69, 9.17) is 0 Å². The van der Waals surface area contributed by atoms with E-state index in [0.717, 1.165) is 11.4 Å². The summed E-state index contributed by atoms with van der Waals surface area (Å²) in [6.07, 6.45) is 0. The summed E-state index contributed by atoms with van der Waals surface area (Å²) in [7, 11) is 0. The molecule has 0 spiro atoms. The smallest absolute Gasteiger partial charge is 0.0541 e. The number of hydrogen-bond acceptors (Lipinski definition) is 0. The summed E-state index contributed by atoms with van der Waals surface area (Å²) in [5.41, 5.74) is 16.8. The van der Waals surface area contributed by atoms with Crippen LogP contribution in [0.2, 0.25) is 0 Å². The number of nitrogens with zero attached hydrogens (tertiary/aromatic N) is 2. The number of rotatable bonds is 6. The van der Waals surface area contributed by atoms with Crippen LogP contribution < -0.4 is 0 Å². The highest BCUT2D eigenvalue weighted by molar-refractivity contribution is 6.21. The second-order valence-corrected chi connectivity index (χ2v) is 18.1. The molecule has 0 amide bonds. The van der Waals surface area contributed by atoms with E-state index in [1.54, 1.807) is 0 Å². The molecule has 12 aromatic carbocycles. The fourth-order valence-electron chi connectivity index (χ4n) is 11.1. The summed E-state index contributed by atoms with van der Waals surface area (Å²) in [6.45, 7) is 0. The van der Waals surface area contributed by atoms with Gasteiger partial charge < -0.3 is 9.13 Å². The van der Waals surface area contributed by atoms with Crippen LogP contribution in [-0.4, -0.2) is 9.13 Å². The molecule has 0 radical (unpaired) electrons. The van der Waals surface area contributed by atoms with Gasteiger partial charge in [-0.1, -0.05) is 188 Å². The molecule has 0 saturated carbocycles. The van der Waals surface area contributed by atoms with Crippen molar-refractivity contribution >= 4 is 75.9 Å². The second kappa shape index (κ2) is 15.3. The molecule has 68 heavy (non-hydrogen) atoms. The van der Waals surface area contributed by atoms with Gasteiger partial charge in [-0.05, 0) is 144 Å². The van der Waals surface area contributed by atoms with Crippen LogP contribution in [-0.2, 0) is 0 Å². The molecule has 0 unspecified atom stereocenters. The highest BCUT2D eigenvalue weighted by atomic mass is 15.0. The Morgan fingerprint density at radius 2 is 0.647 bits per heavy atom. The summed E-state index contributed by atoms with van der Waals surface area (Å²) in [5.74, 6) is 0. The molecule has 0 aliphatic heterocycles. The molecule has 0 aliphatic rings. The van der Waals surface area contributed by atoms with E-state index in [9.17, 15) is 0 Å². The van der Waals surface area contributed by atoms with Crippen molar-refractivity contribution in [1.29, 1.82) is 0 Å². The Labute approximate surface area is 393 Å². The Balaban J connectivity index is 0.851. The zero-order chi connectivity index (χ0) is 44.7. The summed E-state index contributed by atoms with van der Waals surface area (Å²) < 4.78 is 4.85. The Morgan fingerprint density at radius 1 is 0.191 bits per heavy atom. The quantitative estimate of drug-likeness (QED) is 0.147. The molecular formula is C66H42N2. The normalized spacial score (nSPS) is 11.8. The van der Waals surface area contributed by atoms with Gasteiger partial charge in [-0.3, -0.25) is 0 Å². The van der Waals surface area contributed by atoms with Crippen LogP contribution in [0.5, 0.6) is 0 Å². The van der Waals surface area contributed by atoms with Gasteiger partial charge in [-0.25, -0.2) is 0 Å². The Kier molecular flexibility index (Phi) is 8.62. The number of aromatic nitrogens is 2. The number of hydrogen-bond donors (Lipinski definition) is 0. The van der Waals surface area contributed by atoms with Crippen LogP contribution in [0.15, 0.2) is 255 Å². The van der Waals surface area contributed by atoms with Crippen molar-refractivity contribution in [3.8, 4) is 55.9 Å². The molecule has 0 fully saturated rings. The van der Waals surface area contributed by atoms with Crippen LogP contribution in [0.1, 0.15) is 0 Å². The minimum absolute atomic E-state index is 1.15. The highest BCUT2D eigenvalue weighted by Gasteiger charge is 2.18. The third kappa shape index (κ3) is 6.05. The predicted molar refractivity (Wildman–Crippen MR) is 289 cm³/mol. The molecule has 0 bridgehead atoms. The SMILES string of the molecule is c1ccc(-c2ccc(-c3ccc(-n4c5ccccc5c5cc(-c6ccc7c(c6)c6ccccc6n7-c6cccc(-c7cc8c9ccccc9ccc8c8ccccc78)c6)ccc54)cc3)cc2)cc1. The van der Waals surface area contributed by atoms with Gasteiger partial charge in [-0.15, -0.1) is 0 Å². The first-order valence-electron chi connectivity index (χ1n) is 23.5. The zero-order valence-electron chi connectivity index (χ0n) is 37.1. The minimum atomic E-state index is 1.15. The maximum Gasteiger partial charge on any atom is 0.0541 e. The van der Waals surface area contributed by atoms with Crippen LogP contribution in [0.25, 0.3) is 132 Å². The van der Waals surface area contributed by atoms with E-state index in [2.05, 4.69) is 264 Å². The van der Waals surface area contributed by atoms with Crippen molar-refractivity contribution in [3.05, 3.63) is 255 Å². The lowest BCUT2D eigenvalue weighted by atomic mass is 9.91. The van der Waals surface area contributed by atoms with Crippen molar-refractivity contribution in [1.82, 2.24) is 9.13 Å². The molecule has 14 aromatic rings. The van der Waals surface area contributed by atoms with E-state index < -0.39 is 0 Å². The first-order valence-corrected chi connectivity index (χ1v) is 23.5. The lowest BCUT2D eigenvalue weighted by molar-refractivity contribution is 1.18. The lowest BCUT2D eigenvalue weighted by Gasteiger charge is -2.15. The molecule has 2 heteroatoms. The molecule has 14 rings (SSSR count). The van der Waals surface area contributed by atoms with Crippen LogP contribution in [0, 0.1) is 0 Å². The van der Waals surface area contributed by atoms with Crippen molar-refractivity contribution in [2.45, 2.75) is 0 Å². The van der Waals surface area contributed by atoms with Gasteiger partial charge in [-0.2, -0.15) is 0 Å². The third-order valence-corrected chi connectivity index (χ3v) is 14.3. The molecule has 316 valence electrons. The first kappa shape index (κ1) is 38.3. The number of para-hydroxylation sites is 2. The molecular weight excluding hydrogens is 821 g/mol. The molecule has 0 atom stereocenters. The average Bonchev–Trinajstić information content (AvgIpc) is 3.93. The standard InChI is InChI=1S/C66H42N2/c1-2-13-43(14-3-1)44-25-27-45(28-26-44)46-29-34-51(35-30-46)67-63-23-10-8-21-57(63)61-40-48(32-37-65(61)67)49-33-38-66-62(41-49)58-22-9-11-24-64(58)68(66)52-17-12-16-50(39-52)59-42-60-53-18-5-4-15-47(53)31-36-56(60)54-19-6-7-20-55(54)59/h1-42H. The predicted octanol–water partition coefficient (Wildman–Crippen LogP) is 18.0. The minimum Gasteiger partial charge on any atom is -0.309 e. The van der Waals surface area contributed by atoms with Gasteiger partial charge in [0.25, 0.3) is 0 Å². The van der Waals surface area contributed by atoms with Crippen molar-refractivity contribution in [3.63, 3.8) is 0 Å². The van der Waals surface area contributed by atoms with E-state index in [1.807, 2.05) is 0 Å². The maximum absolute atomic E-state index is 2.44. The van der Waals surface area contributed by atoms with Crippen LogP contribution >= 0.6 is 0 Å². The largest absolute Gasteiger partial charge is 0.309 e. The summed E-state index contributed by atoms with van der Waals surface area (Å²) >= 11 is 0. The summed E-state index contributed by atoms with van der Waals surface area (Å²) in [5, 5.41) is 12.6. The fraction of sp³-hybridized carbons (Fsp3) is 0. The van der Waals surface area contributed by atoms with Gasteiger partial charge >= 0.3 is 0 Å². The third-order valence-electron chi connectivity index (χ3n) is 14.3. The average molecular weight is 863 g/mol. The van der Waals surface area contributed by atoms with Crippen LogP contribution in [0.4, 0.5) is 0 Å². The van der Waals surface area contributed by atoms with E-state index in [1.165, 1.54) is 120 Å². The summed E-state index contributed by atoms with van der Waals surface area (Å²) in [4.78, 5) is 0. The van der Waals surface area contributed by atoms with E-state index in [-0.39, 0.29) is 0 Å². The van der Waals surface area contributed by atoms with Crippen molar-refractivity contribution in [2.24, 2.45) is 0 Å². The topological polar surface area (TPSA) is 9.86 Å². The van der Waals surface area contributed by atoms with Gasteiger partial charge in [0.05, 0.1) is 22.1 Å². The van der Waals surface area contributed by atoms with Gasteiger partial charge in [0.1, 0.15) is 0 Å². The zero-order valence-corrected chi connectivity index (χ0v) is 37.1. The monoisotopic (exact) mass is 862 g/mol. The van der Waals surface area contributed by atoms with Crippen LogP contribution in [0.3, 0.4) is 0 Å². The molecule has 2 nitrogen and oxygen atoms in total. The van der Waals surface area contributed by atoms with Gasteiger partial charge in [0.2, 0.25) is 0 Å². The maximum atomic E-state index is 2.44. The molecule has 0 saturated heterocycles. The Bertz CT molecular complexity index is 4290. The fourth-order valence-corrected chi connectivity index (χ4v) is 11.1.